The first-order chi connectivity index (χ1) is 7.75. The molecule has 0 bridgehead atoms. The number of hydrogen-bond donors (Lipinski definition) is 1. The highest BCUT2D eigenvalue weighted by Gasteiger charge is 2.11. The lowest BCUT2D eigenvalue weighted by Gasteiger charge is -2.05. The van der Waals surface area contributed by atoms with Gasteiger partial charge < -0.3 is 10.1 Å². The van der Waals surface area contributed by atoms with Crippen LogP contribution in [0.5, 0.6) is 5.75 Å². The first-order valence-electron chi connectivity index (χ1n) is 5.51. The van der Waals surface area contributed by atoms with E-state index in [2.05, 4.69) is 17.4 Å². The molecular weight excluding hydrogens is 222 g/mol. The van der Waals surface area contributed by atoms with Crippen molar-refractivity contribution in [2.75, 3.05) is 25.2 Å². The van der Waals surface area contributed by atoms with Crippen LogP contribution >= 0.6 is 0 Å². The fourth-order valence-corrected chi connectivity index (χ4v) is 2.23. The molecule has 1 aromatic carbocycles. The van der Waals surface area contributed by atoms with Crippen molar-refractivity contribution in [2.24, 2.45) is 0 Å². The number of hydrogen-bond acceptors (Lipinski definition) is 3. The van der Waals surface area contributed by atoms with E-state index in [1.165, 1.54) is 11.1 Å². The van der Waals surface area contributed by atoms with Gasteiger partial charge in [-0.2, -0.15) is 0 Å². The fraction of sp³-hybridized carbons (Fsp3) is 0.500. The van der Waals surface area contributed by atoms with Crippen molar-refractivity contribution >= 4 is 10.8 Å². The summed E-state index contributed by atoms with van der Waals surface area (Å²) in [4.78, 5) is 0. The van der Waals surface area contributed by atoms with Crippen LogP contribution in [-0.4, -0.2) is 29.4 Å². The van der Waals surface area contributed by atoms with E-state index in [9.17, 15) is 4.21 Å². The van der Waals surface area contributed by atoms with Crippen LogP contribution in [0.1, 0.15) is 11.1 Å². The Kier molecular flexibility index (Phi) is 3.96. The number of benzene rings is 1. The second-order valence-corrected chi connectivity index (χ2v) is 5.55. The zero-order valence-corrected chi connectivity index (χ0v) is 10.3. The monoisotopic (exact) mass is 239 g/mol. The Morgan fingerprint density at radius 2 is 2.38 bits per heavy atom. The number of fused-ring (bicyclic) bond motifs is 1. The van der Waals surface area contributed by atoms with Crippen molar-refractivity contribution in [3.63, 3.8) is 0 Å². The lowest BCUT2D eigenvalue weighted by atomic mass is 10.1. The maximum atomic E-state index is 10.9. The highest BCUT2D eigenvalue weighted by atomic mass is 32.2. The maximum absolute atomic E-state index is 10.9. The van der Waals surface area contributed by atoms with E-state index in [0.717, 1.165) is 31.9 Å². The SMILES string of the molecule is CS(=O)CCNCc1ccc2c(c1)CCO2. The van der Waals surface area contributed by atoms with Crippen molar-refractivity contribution in [2.45, 2.75) is 13.0 Å². The highest BCUT2D eigenvalue weighted by molar-refractivity contribution is 7.84. The normalized spacial score (nSPS) is 15.6. The molecule has 1 aromatic rings. The van der Waals surface area contributed by atoms with E-state index >= 15 is 0 Å². The van der Waals surface area contributed by atoms with Crippen molar-refractivity contribution in [3.8, 4) is 5.75 Å². The van der Waals surface area contributed by atoms with Crippen LogP contribution in [0.4, 0.5) is 0 Å². The minimum Gasteiger partial charge on any atom is -0.493 e. The molecule has 2 rings (SSSR count). The predicted molar refractivity (Wildman–Crippen MR) is 66.3 cm³/mol. The van der Waals surface area contributed by atoms with Crippen molar-refractivity contribution in [1.29, 1.82) is 0 Å². The Balaban J connectivity index is 1.83. The van der Waals surface area contributed by atoms with E-state index in [1.807, 2.05) is 6.07 Å². The van der Waals surface area contributed by atoms with Crippen LogP contribution in [0, 0.1) is 0 Å². The molecule has 88 valence electrons. The quantitative estimate of drug-likeness (QED) is 0.782. The van der Waals surface area contributed by atoms with Gasteiger partial charge in [0, 0.05) is 42.3 Å². The summed E-state index contributed by atoms with van der Waals surface area (Å²) in [5, 5.41) is 3.29. The van der Waals surface area contributed by atoms with Gasteiger partial charge in [0.15, 0.2) is 0 Å². The molecule has 0 radical (unpaired) electrons. The molecule has 1 aliphatic heterocycles. The fourth-order valence-electron chi connectivity index (χ4n) is 1.80. The maximum Gasteiger partial charge on any atom is 0.122 e. The van der Waals surface area contributed by atoms with E-state index in [-0.39, 0.29) is 0 Å². The Morgan fingerprint density at radius 3 is 3.19 bits per heavy atom. The molecule has 0 aliphatic carbocycles. The lowest BCUT2D eigenvalue weighted by molar-refractivity contribution is 0.357. The van der Waals surface area contributed by atoms with Crippen LogP contribution in [-0.2, 0) is 23.8 Å². The van der Waals surface area contributed by atoms with Crippen LogP contribution < -0.4 is 10.1 Å². The van der Waals surface area contributed by atoms with Crippen molar-refractivity contribution in [3.05, 3.63) is 29.3 Å². The lowest BCUT2D eigenvalue weighted by Crippen LogP contribution is -2.19. The summed E-state index contributed by atoms with van der Waals surface area (Å²) in [7, 11) is -0.706. The average molecular weight is 239 g/mol. The molecule has 0 saturated carbocycles. The molecule has 16 heavy (non-hydrogen) atoms. The van der Waals surface area contributed by atoms with Gasteiger partial charge in [-0.1, -0.05) is 12.1 Å². The summed E-state index contributed by atoms with van der Waals surface area (Å²) in [6.45, 7) is 2.45. The molecule has 1 aliphatic rings. The topological polar surface area (TPSA) is 38.3 Å². The number of nitrogens with one attached hydrogen (secondary N) is 1. The summed E-state index contributed by atoms with van der Waals surface area (Å²) >= 11 is 0. The Bertz CT molecular complexity index is 393. The Morgan fingerprint density at radius 1 is 1.50 bits per heavy atom. The Hall–Kier alpha value is -0.870. The zero-order chi connectivity index (χ0) is 11.4. The predicted octanol–water partition coefficient (Wildman–Crippen LogP) is 1.09. The van der Waals surface area contributed by atoms with Crippen LogP contribution in [0.15, 0.2) is 18.2 Å². The van der Waals surface area contributed by atoms with E-state index in [1.54, 1.807) is 6.26 Å². The van der Waals surface area contributed by atoms with Gasteiger partial charge >= 0.3 is 0 Å². The van der Waals surface area contributed by atoms with Gasteiger partial charge in [-0.25, -0.2) is 0 Å². The second-order valence-electron chi connectivity index (χ2n) is 3.99. The van der Waals surface area contributed by atoms with Gasteiger partial charge in [0.2, 0.25) is 0 Å². The molecule has 1 unspecified atom stereocenters. The van der Waals surface area contributed by atoms with Gasteiger partial charge in [-0.3, -0.25) is 4.21 Å². The Labute approximate surface area is 98.7 Å². The average Bonchev–Trinajstić information content (AvgIpc) is 2.71. The molecule has 0 saturated heterocycles. The minimum absolute atomic E-state index is 0.706. The summed E-state index contributed by atoms with van der Waals surface area (Å²) in [5.74, 6) is 1.74. The summed E-state index contributed by atoms with van der Waals surface area (Å²) < 4.78 is 16.3. The molecular formula is C12H17NO2S. The highest BCUT2D eigenvalue weighted by Crippen LogP contribution is 2.25. The van der Waals surface area contributed by atoms with Gasteiger partial charge in [0.25, 0.3) is 0 Å². The van der Waals surface area contributed by atoms with Gasteiger partial charge in [0.05, 0.1) is 6.61 Å². The molecule has 1 N–H and O–H groups in total. The molecule has 4 heteroatoms. The first-order valence-corrected chi connectivity index (χ1v) is 7.24. The molecule has 0 fully saturated rings. The summed E-state index contributed by atoms with van der Waals surface area (Å²) in [6, 6.07) is 6.32. The standard InChI is InChI=1S/C12H17NO2S/c1-16(14)7-5-13-9-10-2-3-12-11(8-10)4-6-15-12/h2-3,8,13H,4-7,9H2,1H3. The summed E-state index contributed by atoms with van der Waals surface area (Å²) in [6.07, 6.45) is 2.75. The second kappa shape index (κ2) is 5.46. The van der Waals surface area contributed by atoms with Gasteiger partial charge in [0.1, 0.15) is 5.75 Å². The van der Waals surface area contributed by atoms with E-state index in [4.69, 9.17) is 4.74 Å². The molecule has 0 spiro atoms. The third-order valence-electron chi connectivity index (χ3n) is 2.65. The molecule has 0 aromatic heterocycles. The van der Waals surface area contributed by atoms with Crippen LogP contribution in [0.3, 0.4) is 0 Å². The van der Waals surface area contributed by atoms with Crippen LogP contribution in [0.25, 0.3) is 0 Å². The first kappa shape index (κ1) is 11.6. The van der Waals surface area contributed by atoms with Crippen LogP contribution in [0.2, 0.25) is 0 Å². The molecule has 1 heterocycles. The van der Waals surface area contributed by atoms with Gasteiger partial charge in [-0.15, -0.1) is 0 Å². The smallest absolute Gasteiger partial charge is 0.122 e. The molecule has 1 atom stereocenters. The summed E-state index contributed by atoms with van der Waals surface area (Å²) in [5.41, 5.74) is 2.57. The number of rotatable bonds is 5. The zero-order valence-electron chi connectivity index (χ0n) is 9.49. The van der Waals surface area contributed by atoms with Gasteiger partial charge in [-0.05, 0) is 17.2 Å². The van der Waals surface area contributed by atoms with E-state index in [0.29, 0.717) is 5.75 Å². The number of ether oxygens (including phenoxy) is 1. The van der Waals surface area contributed by atoms with Crippen molar-refractivity contribution < 1.29 is 8.95 Å². The minimum atomic E-state index is -0.706. The third-order valence-corrected chi connectivity index (χ3v) is 3.43. The van der Waals surface area contributed by atoms with E-state index < -0.39 is 10.8 Å². The molecule has 0 amide bonds. The molecule has 3 nitrogen and oxygen atoms in total. The van der Waals surface area contributed by atoms with Crippen molar-refractivity contribution in [1.82, 2.24) is 5.32 Å². The largest absolute Gasteiger partial charge is 0.493 e. The third kappa shape index (κ3) is 3.06.